The summed E-state index contributed by atoms with van der Waals surface area (Å²) >= 11 is 0. The predicted octanol–water partition coefficient (Wildman–Crippen LogP) is 2.82. The molecule has 4 heteroatoms. The molecule has 0 aliphatic heterocycles. The summed E-state index contributed by atoms with van der Waals surface area (Å²) in [5.74, 6) is -1.52. The minimum atomic E-state index is -1.20. The topological polar surface area (TPSA) is 63.2 Å². The molecule has 1 aromatic rings. The lowest BCUT2D eigenvalue weighted by molar-refractivity contribution is -0.147. The average molecular weight is 299 g/mol. The molecule has 0 radical (unpaired) electrons. The standard InChI is InChI=1S/C18H21NO3/c1-10-5-6-13(11(2)9-10)19-16(22)18-8-7-12(17(18,3)4)14(20)15(18)21/h5-6,9,12H,7-8H2,1-4H3,(H,19,22)/t12-,18-/m1/s1. The molecule has 116 valence electrons. The molecule has 2 aliphatic rings. The van der Waals surface area contributed by atoms with Crippen molar-refractivity contribution in [1.82, 2.24) is 0 Å². The lowest BCUT2D eigenvalue weighted by Crippen LogP contribution is -2.47. The molecule has 1 N–H and O–H groups in total. The molecule has 22 heavy (non-hydrogen) atoms. The smallest absolute Gasteiger partial charge is 0.239 e. The number of Topliss-reactive ketones (excluding diaryl/α,β-unsaturated/α-hetero) is 2. The summed E-state index contributed by atoms with van der Waals surface area (Å²) in [6.45, 7) is 7.65. The van der Waals surface area contributed by atoms with E-state index in [1.54, 1.807) is 0 Å². The quantitative estimate of drug-likeness (QED) is 0.674. The van der Waals surface area contributed by atoms with Gasteiger partial charge in [0.1, 0.15) is 5.41 Å². The van der Waals surface area contributed by atoms with Crippen molar-refractivity contribution in [3.8, 4) is 0 Å². The molecular weight excluding hydrogens is 278 g/mol. The number of anilines is 1. The van der Waals surface area contributed by atoms with Gasteiger partial charge in [0.05, 0.1) is 0 Å². The van der Waals surface area contributed by atoms with Crippen LogP contribution in [0.5, 0.6) is 0 Å². The van der Waals surface area contributed by atoms with Gasteiger partial charge in [-0.05, 0) is 43.7 Å². The van der Waals surface area contributed by atoms with Crippen molar-refractivity contribution < 1.29 is 14.4 Å². The van der Waals surface area contributed by atoms with E-state index < -0.39 is 16.6 Å². The van der Waals surface area contributed by atoms with Gasteiger partial charge in [-0.1, -0.05) is 31.5 Å². The van der Waals surface area contributed by atoms with E-state index in [-0.39, 0.29) is 17.6 Å². The van der Waals surface area contributed by atoms with Gasteiger partial charge in [-0.25, -0.2) is 0 Å². The van der Waals surface area contributed by atoms with Crippen LogP contribution in [0.4, 0.5) is 5.69 Å². The van der Waals surface area contributed by atoms with Crippen LogP contribution in [-0.2, 0) is 14.4 Å². The number of nitrogens with one attached hydrogen (secondary N) is 1. The van der Waals surface area contributed by atoms with Crippen LogP contribution < -0.4 is 5.32 Å². The first-order valence-corrected chi connectivity index (χ1v) is 7.69. The molecular formula is C18H21NO3. The Hall–Kier alpha value is -1.97. The van der Waals surface area contributed by atoms with Crippen LogP contribution in [0.15, 0.2) is 18.2 Å². The Morgan fingerprint density at radius 2 is 1.91 bits per heavy atom. The second kappa shape index (κ2) is 4.51. The number of amides is 1. The molecule has 2 atom stereocenters. The number of aryl methyl sites for hydroxylation is 2. The van der Waals surface area contributed by atoms with E-state index in [1.807, 2.05) is 45.9 Å². The third-order valence-electron chi connectivity index (χ3n) is 5.72. The van der Waals surface area contributed by atoms with E-state index in [0.717, 1.165) is 11.1 Å². The van der Waals surface area contributed by atoms with Gasteiger partial charge in [0.25, 0.3) is 0 Å². The maximum Gasteiger partial charge on any atom is 0.239 e. The fraction of sp³-hybridized carbons (Fsp3) is 0.500. The second-order valence-corrected chi connectivity index (χ2v) is 7.18. The van der Waals surface area contributed by atoms with Gasteiger partial charge in [-0.3, -0.25) is 14.4 Å². The van der Waals surface area contributed by atoms with Gasteiger partial charge in [0.15, 0.2) is 0 Å². The van der Waals surface area contributed by atoms with Crippen molar-refractivity contribution in [3.63, 3.8) is 0 Å². The Labute approximate surface area is 130 Å². The van der Waals surface area contributed by atoms with Crippen molar-refractivity contribution in [2.75, 3.05) is 5.32 Å². The monoisotopic (exact) mass is 299 g/mol. The predicted molar refractivity (Wildman–Crippen MR) is 83.5 cm³/mol. The number of ketones is 2. The molecule has 2 saturated carbocycles. The van der Waals surface area contributed by atoms with Crippen molar-refractivity contribution in [1.29, 1.82) is 0 Å². The lowest BCUT2D eigenvalue weighted by Gasteiger charge is -2.34. The summed E-state index contributed by atoms with van der Waals surface area (Å²) in [6, 6.07) is 5.75. The molecule has 2 bridgehead atoms. The number of hydrogen-bond donors (Lipinski definition) is 1. The SMILES string of the molecule is Cc1ccc(NC(=O)[C@@]23CC[C@H](C(=O)C2=O)C3(C)C)c(C)c1. The van der Waals surface area contributed by atoms with E-state index >= 15 is 0 Å². The molecule has 0 aromatic heterocycles. The maximum absolute atomic E-state index is 12.9. The zero-order valence-electron chi connectivity index (χ0n) is 13.4. The average Bonchev–Trinajstić information content (AvgIpc) is 2.78. The summed E-state index contributed by atoms with van der Waals surface area (Å²) in [6.07, 6.45) is 1.09. The first-order chi connectivity index (χ1) is 10.2. The number of fused-ring (bicyclic) bond motifs is 2. The summed E-state index contributed by atoms with van der Waals surface area (Å²) in [5, 5.41) is 2.89. The summed E-state index contributed by atoms with van der Waals surface area (Å²) < 4.78 is 0. The normalized spacial score (nSPS) is 29.0. The summed E-state index contributed by atoms with van der Waals surface area (Å²) in [4.78, 5) is 37.5. The Kier molecular flexibility index (Phi) is 3.06. The van der Waals surface area contributed by atoms with Crippen LogP contribution in [0.2, 0.25) is 0 Å². The Morgan fingerprint density at radius 3 is 2.45 bits per heavy atom. The molecule has 4 nitrogen and oxygen atoms in total. The molecule has 0 spiro atoms. The number of benzene rings is 1. The van der Waals surface area contributed by atoms with Gasteiger partial charge in [-0.2, -0.15) is 0 Å². The van der Waals surface area contributed by atoms with E-state index in [4.69, 9.17) is 0 Å². The van der Waals surface area contributed by atoms with Crippen LogP contribution in [0, 0.1) is 30.6 Å². The van der Waals surface area contributed by atoms with E-state index in [0.29, 0.717) is 18.5 Å². The fourth-order valence-corrected chi connectivity index (χ4v) is 4.27. The third-order valence-corrected chi connectivity index (χ3v) is 5.72. The van der Waals surface area contributed by atoms with E-state index in [1.165, 1.54) is 0 Å². The first-order valence-electron chi connectivity index (χ1n) is 7.69. The number of carbonyl (C=O) groups is 3. The molecule has 1 aromatic carbocycles. The zero-order valence-corrected chi connectivity index (χ0v) is 13.4. The van der Waals surface area contributed by atoms with Crippen LogP contribution in [0.1, 0.15) is 37.8 Å². The van der Waals surface area contributed by atoms with E-state index in [9.17, 15) is 14.4 Å². The summed E-state index contributed by atoms with van der Waals surface area (Å²) in [5.41, 5.74) is 0.961. The summed E-state index contributed by atoms with van der Waals surface area (Å²) in [7, 11) is 0. The Balaban J connectivity index is 1.98. The minimum Gasteiger partial charge on any atom is -0.325 e. The molecule has 3 rings (SSSR count). The van der Waals surface area contributed by atoms with Crippen molar-refractivity contribution in [3.05, 3.63) is 29.3 Å². The highest BCUT2D eigenvalue weighted by Gasteiger charge is 2.72. The molecule has 0 saturated heterocycles. The van der Waals surface area contributed by atoms with Gasteiger partial charge in [-0.15, -0.1) is 0 Å². The van der Waals surface area contributed by atoms with Crippen molar-refractivity contribution in [2.24, 2.45) is 16.7 Å². The molecule has 0 heterocycles. The van der Waals surface area contributed by atoms with E-state index in [2.05, 4.69) is 5.32 Å². The minimum absolute atomic E-state index is 0.315. The lowest BCUT2D eigenvalue weighted by atomic mass is 9.68. The highest BCUT2D eigenvalue weighted by Crippen LogP contribution is 2.62. The molecule has 2 aliphatic carbocycles. The molecule has 2 fully saturated rings. The van der Waals surface area contributed by atoms with Gasteiger partial charge in [0.2, 0.25) is 17.5 Å². The van der Waals surface area contributed by atoms with Crippen molar-refractivity contribution in [2.45, 2.75) is 40.5 Å². The second-order valence-electron chi connectivity index (χ2n) is 7.18. The van der Waals surface area contributed by atoms with Gasteiger partial charge < -0.3 is 5.32 Å². The van der Waals surface area contributed by atoms with Gasteiger partial charge >= 0.3 is 0 Å². The largest absolute Gasteiger partial charge is 0.325 e. The first kappa shape index (κ1) is 14.9. The fourth-order valence-electron chi connectivity index (χ4n) is 4.27. The molecule has 0 unspecified atom stereocenters. The third kappa shape index (κ3) is 1.67. The van der Waals surface area contributed by atoms with Crippen LogP contribution >= 0.6 is 0 Å². The van der Waals surface area contributed by atoms with Crippen LogP contribution in [0.3, 0.4) is 0 Å². The zero-order chi connectivity index (χ0) is 16.3. The van der Waals surface area contributed by atoms with Gasteiger partial charge in [0, 0.05) is 11.6 Å². The Bertz CT molecular complexity index is 704. The number of rotatable bonds is 2. The Morgan fingerprint density at radius 1 is 1.23 bits per heavy atom. The van der Waals surface area contributed by atoms with Crippen molar-refractivity contribution >= 4 is 23.2 Å². The number of carbonyl (C=O) groups excluding carboxylic acids is 3. The highest BCUT2D eigenvalue weighted by atomic mass is 16.2. The van der Waals surface area contributed by atoms with Crippen LogP contribution in [0.25, 0.3) is 0 Å². The van der Waals surface area contributed by atoms with Crippen LogP contribution in [-0.4, -0.2) is 17.5 Å². The number of hydrogen-bond acceptors (Lipinski definition) is 3. The molecule has 1 amide bonds. The maximum atomic E-state index is 12.9. The highest BCUT2D eigenvalue weighted by molar-refractivity contribution is 6.48.